The van der Waals surface area contributed by atoms with Gasteiger partial charge >= 0.3 is 0 Å². The van der Waals surface area contributed by atoms with Crippen molar-refractivity contribution in [1.82, 2.24) is 15.3 Å². The van der Waals surface area contributed by atoms with Crippen molar-refractivity contribution in [2.45, 2.75) is 30.0 Å². The summed E-state index contributed by atoms with van der Waals surface area (Å²) in [6.45, 7) is 2.58. The van der Waals surface area contributed by atoms with Crippen LogP contribution in [0, 0.1) is 6.92 Å². The van der Waals surface area contributed by atoms with Crippen LogP contribution in [0.3, 0.4) is 0 Å². The van der Waals surface area contributed by atoms with E-state index < -0.39 is 0 Å². The molecule has 0 aliphatic heterocycles. The van der Waals surface area contributed by atoms with Crippen LogP contribution in [0.4, 0.5) is 0 Å². The lowest BCUT2D eigenvalue weighted by Gasteiger charge is -2.03. The third kappa shape index (κ3) is 5.69. The van der Waals surface area contributed by atoms with Crippen LogP contribution in [-0.4, -0.2) is 15.9 Å². The molecular weight excluding hydrogens is 350 g/mol. The molecule has 25 heavy (non-hydrogen) atoms. The third-order valence-electron chi connectivity index (χ3n) is 3.57. The number of hydrogen-bond acceptors (Lipinski definition) is 5. The van der Waals surface area contributed by atoms with Crippen LogP contribution in [0.15, 0.2) is 58.5 Å². The van der Waals surface area contributed by atoms with E-state index in [1.807, 2.05) is 17.5 Å². The number of nitrogens with one attached hydrogen (secondary N) is 1. The number of hydrogen-bond donors (Lipinski definition) is 1. The molecule has 2 aromatic heterocycles. The van der Waals surface area contributed by atoms with Gasteiger partial charge in [0, 0.05) is 30.1 Å². The van der Waals surface area contributed by atoms with Gasteiger partial charge in [0.15, 0.2) is 0 Å². The minimum Gasteiger partial charge on any atom is -0.352 e. The standard InChI is InChI=1S/C19H19N3OS2/c1-14-4-6-15(7-5-14)12-24-19-22-17(13-25-19)9-18(23)21-11-16-3-2-8-20-10-16/h2-8,10,13H,9,11-12H2,1H3,(H,21,23). The van der Waals surface area contributed by atoms with E-state index in [0.717, 1.165) is 21.3 Å². The summed E-state index contributed by atoms with van der Waals surface area (Å²) in [6.07, 6.45) is 3.78. The number of nitrogens with zero attached hydrogens (tertiary/aromatic N) is 2. The second-order valence-electron chi connectivity index (χ2n) is 5.69. The fourth-order valence-corrected chi connectivity index (χ4v) is 4.00. The Morgan fingerprint density at radius 2 is 2.04 bits per heavy atom. The quantitative estimate of drug-likeness (QED) is 0.640. The maximum absolute atomic E-state index is 12.0. The Morgan fingerprint density at radius 3 is 2.80 bits per heavy atom. The number of pyridine rings is 1. The largest absolute Gasteiger partial charge is 0.352 e. The van der Waals surface area contributed by atoms with Crippen molar-refractivity contribution in [3.05, 3.63) is 76.6 Å². The third-order valence-corrected chi connectivity index (χ3v) is 5.71. The molecule has 0 aliphatic carbocycles. The minimum atomic E-state index is -0.0239. The average molecular weight is 370 g/mol. The zero-order valence-corrected chi connectivity index (χ0v) is 15.6. The van der Waals surface area contributed by atoms with E-state index in [-0.39, 0.29) is 5.91 Å². The van der Waals surface area contributed by atoms with Crippen molar-refractivity contribution in [2.24, 2.45) is 0 Å². The fraction of sp³-hybridized carbons (Fsp3) is 0.211. The van der Waals surface area contributed by atoms with Crippen molar-refractivity contribution < 1.29 is 4.79 Å². The number of aromatic nitrogens is 2. The van der Waals surface area contributed by atoms with Gasteiger partial charge in [0.05, 0.1) is 12.1 Å². The first kappa shape index (κ1) is 17.6. The number of thioether (sulfide) groups is 1. The molecular formula is C19H19N3OS2. The molecule has 0 saturated heterocycles. The van der Waals surface area contributed by atoms with Crippen LogP contribution in [0.2, 0.25) is 0 Å². The van der Waals surface area contributed by atoms with Gasteiger partial charge in [0.25, 0.3) is 0 Å². The molecule has 0 spiro atoms. The Kier molecular flexibility index (Phi) is 6.19. The molecule has 0 saturated carbocycles. The highest BCUT2D eigenvalue weighted by atomic mass is 32.2. The molecule has 6 heteroatoms. The molecule has 0 bridgehead atoms. The summed E-state index contributed by atoms with van der Waals surface area (Å²) in [6, 6.07) is 12.3. The molecule has 3 aromatic rings. The van der Waals surface area contributed by atoms with E-state index in [4.69, 9.17) is 0 Å². The smallest absolute Gasteiger partial charge is 0.226 e. The van der Waals surface area contributed by atoms with Gasteiger partial charge < -0.3 is 5.32 Å². The topological polar surface area (TPSA) is 54.9 Å². The predicted octanol–water partition coefficient (Wildman–Crippen LogP) is 4.00. The van der Waals surface area contributed by atoms with E-state index >= 15 is 0 Å². The second kappa shape index (κ2) is 8.78. The summed E-state index contributed by atoms with van der Waals surface area (Å²) in [5.41, 5.74) is 4.35. The van der Waals surface area contributed by atoms with Crippen molar-refractivity contribution in [3.8, 4) is 0 Å². The lowest BCUT2D eigenvalue weighted by Crippen LogP contribution is -2.24. The first-order valence-electron chi connectivity index (χ1n) is 7.97. The van der Waals surface area contributed by atoms with Crippen LogP contribution in [0.5, 0.6) is 0 Å². The van der Waals surface area contributed by atoms with E-state index in [1.54, 1.807) is 35.5 Å². The van der Waals surface area contributed by atoms with Crippen LogP contribution in [0.25, 0.3) is 0 Å². The summed E-state index contributed by atoms with van der Waals surface area (Å²) in [7, 11) is 0. The van der Waals surface area contributed by atoms with Gasteiger partial charge in [0.1, 0.15) is 4.34 Å². The van der Waals surface area contributed by atoms with Crippen LogP contribution in [-0.2, 0) is 23.5 Å². The van der Waals surface area contributed by atoms with Gasteiger partial charge in [-0.15, -0.1) is 11.3 Å². The first-order valence-corrected chi connectivity index (χ1v) is 9.84. The van der Waals surface area contributed by atoms with E-state index in [0.29, 0.717) is 13.0 Å². The Morgan fingerprint density at radius 1 is 1.20 bits per heavy atom. The molecule has 1 aromatic carbocycles. The molecule has 0 radical (unpaired) electrons. The monoisotopic (exact) mass is 369 g/mol. The van der Waals surface area contributed by atoms with Gasteiger partial charge in [0.2, 0.25) is 5.91 Å². The maximum Gasteiger partial charge on any atom is 0.226 e. The summed E-state index contributed by atoms with van der Waals surface area (Å²) >= 11 is 3.30. The van der Waals surface area contributed by atoms with Crippen molar-refractivity contribution in [3.63, 3.8) is 0 Å². The molecule has 4 nitrogen and oxygen atoms in total. The van der Waals surface area contributed by atoms with Gasteiger partial charge in [-0.05, 0) is 24.1 Å². The molecule has 0 fully saturated rings. The average Bonchev–Trinajstić information content (AvgIpc) is 3.08. The normalized spacial score (nSPS) is 10.6. The molecule has 0 aliphatic rings. The molecule has 2 heterocycles. The van der Waals surface area contributed by atoms with Crippen LogP contribution < -0.4 is 5.32 Å². The van der Waals surface area contributed by atoms with Crippen LogP contribution >= 0.6 is 23.1 Å². The Bertz CT molecular complexity index is 816. The highest BCUT2D eigenvalue weighted by molar-refractivity contribution is 8.00. The van der Waals surface area contributed by atoms with E-state index in [2.05, 4.69) is 46.5 Å². The Labute approximate surface area is 155 Å². The fourth-order valence-electron chi connectivity index (χ4n) is 2.20. The Hall–Kier alpha value is -2.18. The van der Waals surface area contributed by atoms with E-state index in [9.17, 15) is 4.79 Å². The molecule has 0 atom stereocenters. The van der Waals surface area contributed by atoms with Crippen molar-refractivity contribution in [1.29, 1.82) is 0 Å². The molecule has 128 valence electrons. The number of rotatable bonds is 7. The highest BCUT2D eigenvalue weighted by Gasteiger charge is 2.08. The van der Waals surface area contributed by atoms with Gasteiger partial charge in [-0.2, -0.15) is 0 Å². The van der Waals surface area contributed by atoms with Crippen molar-refractivity contribution >= 4 is 29.0 Å². The second-order valence-corrected chi connectivity index (χ2v) is 7.77. The lowest BCUT2D eigenvalue weighted by atomic mass is 10.2. The summed E-state index contributed by atoms with van der Waals surface area (Å²) in [5.74, 6) is 0.865. The molecule has 3 rings (SSSR count). The minimum absolute atomic E-state index is 0.0239. The van der Waals surface area contributed by atoms with Gasteiger partial charge in [-0.25, -0.2) is 4.98 Å². The highest BCUT2D eigenvalue weighted by Crippen LogP contribution is 2.26. The number of benzene rings is 1. The molecule has 1 amide bonds. The van der Waals surface area contributed by atoms with Gasteiger partial charge in [-0.3, -0.25) is 9.78 Å². The number of thiazole rings is 1. The number of aryl methyl sites for hydroxylation is 1. The molecule has 0 unspecified atom stereocenters. The summed E-state index contributed by atoms with van der Waals surface area (Å²) in [5, 5.41) is 4.86. The van der Waals surface area contributed by atoms with E-state index in [1.165, 1.54) is 11.1 Å². The van der Waals surface area contributed by atoms with Crippen molar-refractivity contribution in [2.75, 3.05) is 0 Å². The predicted molar refractivity (Wildman–Crippen MR) is 103 cm³/mol. The number of carbonyl (C=O) groups is 1. The van der Waals surface area contributed by atoms with Crippen LogP contribution in [0.1, 0.15) is 22.4 Å². The number of amides is 1. The zero-order chi connectivity index (χ0) is 17.5. The zero-order valence-electron chi connectivity index (χ0n) is 13.9. The Balaban J connectivity index is 1.46. The first-order chi connectivity index (χ1) is 12.2. The summed E-state index contributed by atoms with van der Waals surface area (Å²) in [4.78, 5) is 20.6. The van der Waals surface area contributed by atoms with Gasteiger partial charge in [-0.1, -0.05) is 47.7 Å². The maximum atomic E-state index is 12.0. The SMILES string of the molecule is Cc1ccc(CSc2nc(CC(=O)NCc3cccnc3)cs2)cc1. The number of carbonyl (C=O) groups excluding carboxylic acids is 1. The lowest BCUT2D eigenvalue weighted by molar-refractivity contribution is -0.120. The molecule has 1 N–H and O–H groups in total. The summed E-state index contributed by atoms with van der Waals surface area (Å²) < 4.78 is 0.996.